The Morgan fingerprint density at radius 2 is 0.982 bits per heavy atom. The Bertz CT molecular complexity index is 4110. The first-order valence-electron chi connectivity index (χ1n) is 35.4. The molecule has 3 aliphatic rings. The summed E-state index contributed by atoms with van der Waals surface area (Å²) < 4.78 is 28.1. The third kappa shape index (κ3) is 30.1. The quantitative estimate of drug-likeness (QED) is 0.0108. The number of nitrogens with one attached hydrogen (secondary N) is 1. The maximum atomic E-state index is 12.3. The molecule has 25 nitrogen and oxygen atoms in total. The van der Waals surface area contributed by atoms with E-state index < -0.39 is 47.8 Å². The highest BCUT2D eigenvalue weighted by atomic mass is 35.5. The molecule has 9 rings (SSSR count). The molecule has 6 aromatic carbocycles. The van der Waals surface area contributed by atoms with Gasteiger partial charge in [-0.1, -0.05) is 105 Å². The number of carbonyl (C=O) groups is 9. The van der Waals surface area contributed by atoms with Gasteiger partial charge in [-0.15, -0.1) is 19.0 Å². The Labute approximate surface area is 652 Å². The smallest absolute Gasteiger partial charge is 0.356 e. The largest absolute Gasteiger partial charge is 0.468 e. The second kappa shape index (κ2) is 48.9. The highest BCUT2D eigenvalue weighted by Gasteiger charge is 2.31. The zero-order valence-corrected chi connectivity index (χ0v) is 66.5. The molecule has 4 N–H and O–H groups in total. The average Bonchev–Trinajstić information content (AvgIpc) is 1.66. The van der Waals surface area contributed by atoms with E-state index in [1.54, 1.807) is 61.5 Å². The molecule has 1 fully saturated rings. The summed E-state index contributed by atoms with van der Waals surface area (Å²) in [4.78, 5) is 127. The summed E-state index contributed by atoms with van der Waals surface area (Å²) in [7, 11) is 22.0. The number of esters is 5. The number of benzene rings is 6. The average molecular weight is 1530 g/mol. The molecule has 26 heteroatoms. The van der Waals surface area contributed by atoms with Crippen LogP contribution in [0, 0.1) is 0 Å². The van der Waals surface area contributed by atoms with Gasteiger partial charge in [-0.05, 0) is 121 Å². The van der Waals surface area contributed by atoms with Gasteiger partial charge in [0.25, 0.3) is 0 Å². The number of ether oxygens (including phenoxy) is 6. The van der Waals surface area contributed by atoms with Gasteiger partial charge in [0.2, 0.25) is 5.91 Å². The SMILES string of the molecule is C=CCCC(=O)CCC1=NC(C(=O)OC)=C(c2ccc(N(C)C)cc2)C1.CCC(=O)NC(C(=O)OC)C(=O)c1ccc(N(C)C)cc1.CCC1=NC(C(=O)OC)=C(c2ccc(N(C)C)cc2)C1.COC(=O)C(N)C(=O)c1ccc(N(C)C)cc1.COC(=O)CN=C(c1ccccc1)c1ccccc1.Cl.OC1CCCO1. The first kappa shape index (κ1) is 93.0. The van der Waals surface area contributed by atoms with Crippen molar-refractivity contribution in [3.8, 4) is 0 Å². The van der Waals surface area contributed by atoms with Crippen molar-refractivity contribution in [2.75, 3.05) is 125 Å². The van der Waals surface area contributed by atoms with E-state index in [1.807, 2.05) is 192 Å². The maximum absolute atomic E-state index is 12.3. The van der Waals surface area contributed by atoms with Crippen LogP contribution in [0.5, 0.6) is 0 Å². The molecule has 0 aromatic heterocycles. The fourth-order valence-corrected chi connectivity index (χ4v) is 10.4. The molecule has 0 spiro atoms. The molecule has 1 amide bonds. The van der Waals surface area contributed by atoms with Crippen LogP contribution in [-0.4, -0.2) is 199 Å². The first-order chi connectivity index (χ1) is 52.1. The van der Waals surface area contributed by atoms with Gasteiger partial charge in [-0.2, -0.15) is 0 Å². The molecule has 3 aliphatic heterocycles. The predicted octanol–water partition coefficient (Wildman–Crippen LogP) is 11.4. The summed E-state index contributed by atoms with van der Waals surface area (Å²) in [5.74, 6) is -3.78. The van der Waals surface area contributed by atoms with Crippen molar-refractivity contribution in [1.82, 2.24) is 5.32 Å². The van der Waals surface area contributed by atoms with E-state index in [2.05, 4.69) is 41.1 Å². The molecule has 6 aromatic rings. The molecule has 3 atom stereocenters. The van der Waals surface area contributed by atoms with E-state index in [0.29, 0.717) is 54.6 Å². The van der Waals surface area contributed by atoms with Crippen molar-refractivity contribution in [2.24, 2.45) is 20.7 Å². The van der Waals surface area contributed by atoms with Crippen LogP contribution in [0.2, 0.25) is 0 Å². The first-order valence-corrected chi connectivity index (χ1v) is 35.4. The summed E-state index contributed by atoms with van der Waals surface area (Å²) in [5.41, 5.74) is 19.5. The fourth-order valence-electron chi connectivity index (χ4n) is 10.4. The maximum Gasteiger partial charge on any atom is 0.356 e. The second-order valence-corrected chi connectivity index (χ2v) is 25.4. The Morgan fingerprint density at radius 1 is 0.564 bits per heavy atom. The van der Waals surface area contributed by atoms with E-state index in [4.69, 9.17) is 25.1 Å². The summed E-state index contributed by atoms with van der Waals surface area (Å²) in [6.07, 6.45) is 7.66. The molecule has 3 heterocycles. The minimum atomic E-state index is -1.31. The number of ketones is 3. The van der Waals surface area contributed by atoms with Crippen molar-refractivity contribution >= 4 is 117 Å². The van der Waals surface area contributed by atoms with E-state index in [1.165, 1.54) is 35.5 Å². The van der Waals surface area contributed by atoms with Gasteiger partial charge in [0, 0.05) is 158 Å². The number of allylic oxidation sites excluding steroid dienone is 3. The number of aliphatic hydroxyl groups excluding tert-OH is 1. The normalized spacial score (nSPS) is 13.3. The number of halogens is 1. The third-order valence-electron chi connectivity index (χ3n) is 16.8. The Balaban J connectivity index is 0.000000350. The number of nitrogens with zero attached hydrogens (tertiary/aromatic N) is 7. The fraction of sp³-hybridized carbons (Fsp3) is 0.357. The van der Waals surface area contributed by atoms with E-state index in [0.717, 1.165) is 106 Å². The van der Waals surface area contributed by atoms with Crippen LogP contribution in [0.4, 0.5) is 22.7 Å². The van der Waals surface area contributed by atoms with Gasteiger partial charge < -0.3 is 64.2 Å². The Morgan fingerprint density at radius 3 is 1.34 bits per heavy atom. The minimum absolute atomic E-state index is 0. The highest BCUT2D eigenvalue weighted by Crippen LogP contribution is 2.34. The van der Waals surface area contributed by atoms with Crippen LogP contribution in [0.25, 0.3) is 11.1 Å². The van der Waals surface area contributed by atoms with Crippen molar-refractivity contribution < 1.29 is 76.7 Å². The molecule has 110 heavy (non-hydrogen) atoms. The lowest BCUT2D eigenvalue weighted by molar-refractivity contribution is -0.143. The number of nitrogens with two attached hydrogens (primary N) is 1. The van der Waals surface area contributed by atoms with Gasteiger partial charge in [0.15, 0.2) is 41.3 Å². The summed E-state index contributed by atoms with van der Waals surface area (Å²) >= 11 is 0. The van der Waals surface area contributed by atoms with Crippen molar-refractivity contribution in [3.05, 3.63) is 215 Å². The molecule has 590 valence electrons. The molecule has 0 saturated carbocycles. The molecule has 0 radical (unpaired) electrons. The topological polar surface area (TPSA) is 317 Å². The van der Waals surface area contributed by atoms with Crippen LogP contribution in [0.3, 0.4) is 0 Å². The van der Waals surface area contributed by atoms with E-state index in [-0.39, 0.29) is 49.0 Å². The summed E-state index contributed by atoms with van der Waals surface area (Å²) in [5, 5.41) is 10.9. The molecule has 0 aliphatic carbocycles. The van der Waals surface area contributed by atoms with Gasteiger partial charge in [0.05, 0.1) is 41.3 Å². The number of rotatable bonds is 27. The monoisotopic (exact) mass is 1530 g/mol. The Kier molecular flexibility index (Phi) is 41.3. The molecular weight excluding hydrogens is 1430 g/mol. The number of hydrogen-bond donors (Lipinski definition) is 3. The number of amides is 1. The molecule has 3 unspecified atom stereocenters. The lowest BCUT2D eigenvalue weighted by Gasteiger charge is -2.16. The number of carbonyl (C=O) groups excluding carboxylic acids is 9. The van der Waals surface area contributed by atoms with Crippen LogP contribution < -0.4 is 30.7 Å². The van der Waals surface area contributed by atoms with Crippen LogP contribution in [0.1, 0.15) is 121 Å². The summed E-state index contributed by atoms with van der Waals surface area (Å²) in [6.45, 7) is 8.08. The third-order valence-corrected chi connectivity index (χ3v) is 16.8. The molecule has 0 bridgehead atoms. The number of anilines is 4. The predicted molar refractivity (Wildman–Crippen MR) is 436 cm³/mol. The van der Waals surface area contributed by atoms with Gasteiger partial charge >= 0.3 is 29.8 Å². The number of aliphatic imine (C=N–C) groups is 3. The minimum Gasteiger partial charge on any atom is -0.468 e. The summed E-state index contributed by atoms with van der Waals surface area (Å²) in [6, 6.07) is 46.8. The lowest BCUT2D eigenvalue weighted by atomic mass is 9.98. The van der Waals surface area contributed by atoms with Gasteiger partial charge in [-0.25, -0.2) is 29.2 Å². The lowest BCUT2D eigenvalue weighted by Crippen LogP contribution is -2.46. The molecule has 1 saturated heterocycles. The van der Waals surface area contributed by atoms with Crippen LogP contribution >= 0.6 is 12.4 Å². The zero-order valence-electron chi connectivity index (χ0n) is 65.7. The van der Waals surface area contributed by atoms with Gasteiger partial charge in [0.1, 0.15) is 12.3 Å². The van der Waals surface area contributed by atoms with Crippen LogP contribution in [0.15, 0.2) is 197 Å². The van der Waals surface area contributed by atoms with Gasteiger partial charge in [-0.3, -0.25) is 29.0 Å². The Hall–Kier alpha value is -11.3. The van der Waals surface area contributed by atoms with Crippen LogP contribution in [-0.2, 0) is 62.0 Å². The van der Waals surface area contributed by atoms with Crippen molar-refractivity contribution in [3.63, 3.8) is 0 Å². The van der Waals surface area contributed by atoms with E-state index >= 15 is 0 Å². The number of aliphatic hydroxyl groups is 1. The standard InChI is InChI=1S/C21H26N2O3.C16H20N2O2.C16H15NO2.C15H20N2O4.C12H16N2O3.C4H8O2.ClH/c1-5-6-7-18(24)13-10-16-14-19(20(22-16)21(25)26-4)15-8-11-17(12-9-15)23(2)3;1-5-12-10-14(15(17-12)16(19)20-4)11-6-8-13(9-7-11)18(2)3;1-19-15(18)12-17-16(13-8-4-2-5-9-13)14-10-6-3-7-11-14;1-5-12(18)16-13(15(20)21-4)14(19)10-6-8-11(9-7-10)17(2)3;1-14(2)9-6-4-8(5-7-9)11(15)10(13)12(16)17-3;5-4-2-1-3-6-4;/h5,8-9,11-12H,1,6-7,10,13-14H2,2-4H3;6-9H,5,10H2,1-4H3;2-11H,12H2,1H3;6-9,13H,5H2,1-4H3,(H,16,18);4-7,10H,13H2,1-3H3;4-5H,1-3H2;1H. The van der Waals surface area contributed by atoms with Crippen molar-refractivity contribution in [1.29, 1.82) is 0 Å². The highest BCUT2D eigenvalue weighted by molar-refractivity contribution is 6.15. The number of Topliss-reactive ketones (excluding diaryl/α,β-unsaturated/α-hetero) is 3. The zero-order chi connectivity index (χ0) is 80.7. The van der Waals surface area contributed by atoms with Crippen molar-refractivity contribution in [2.45, 2.75) is 96.4 Å². The second-order valence-electron chi connectivity index (χ2n) is 25.4. The number of hydrogen-bond acceptors (Lipinski definition) is 24. The van der Waals surface area contributed by atoms with E-state index in [9.17, 15) is 43.2 Å². The molecular formula is C84H106ClN9O16. The number of methoxy groups -OCH3 is 5.